The molecule has 0 saturated heterocycles. The van der Waals surface area contributed by atoms with Gasteiger partial charge in [-0.2, -0.15) is 0 Å². The van der Waals surface area contributed by atoms with Gasteiger partial charge in [-0.1, -0.05) is 37.3 Å². The average Bonchev–Trinajstić information content (AvgIpc) is 2.83. The van der Waals surface area contributed by atoms with Crippen molar-refractivity contribution >= 4 is 17.6 Å². The summed E-state index contributed by atoms with van der Waals surface area (Å²) in [4.78, 5) is 49.6. The molecule has 0 aliphatic rings. The van der Waals surface area contributed by atoms with Gasteiger partial charge in [-0.15, -0.1) is 0 Å². The summed E-state index contributed by atoms with van der Waals surface area (Å²) in [6.07, 6.45) is 0.579. The van der Waals surface area contributed by atoms with Gasteiger partial charge >= 0.3 is 11.7 Å². The minimum atomic E-state index is -0.828. The first kappa shape index (κ1) is 23.5. The second-order valence-corrected chi connectivity index (χ2v) is 7.36. The number of ether oxygens (including phenoxy) is 2. The Kier molecular flexibility index (Phi) is 7.45. The average molecular weight is 451 g/mol. The van der Waals surface area contributed by atoms with E-state index in [4.69, 9.17) is 15.2 Å². The molecule has 9 heteroatoms. The number of carbonyl (C=O) groups excluding carboxylic acids is 2. The largest absolute Gasteiger partial charge is 0.489 e. The molecule has 0 saturated carbocycles. The first-order chi connectivity index (χ1) is 15.8. The summed E-state index contributed by atoms with van der Waals surface area (Å²) in [7, 11) is 1.26. The highest BCUT2D eigenvalue weighted by Crippen LogP contribution is 2.15. The third-order valence-corrected chi connectivity index (χ3v) is 4.98. The molecule has 0 aliphatic carbocycles. The van der Waals surface area contributed by atoms with Crippen molar-refractivity contribution in [3.8, 4) is 5.75 Å². The van der Waals surface area contributed by atoms with Crippen molar-refractivity contribution < 1.29 is 19.1 Å². The van der Waals surface area contributed by atoms with Gasteiger partial charge in [-0.05, 0) is 36.2 Å². The quantitative estimate of drug-likeness (QED) is 0.391. The van der Waals surface area contributed by atoms with E-state index in [9.17, 15) is 19.2 Å². The molecule has 33 heavy (non-hydrogen) atoms. The topological polar surface area (TPSA) is 123 Å². The molecule has 0 bridgehead atoms. The normalized spacial score (nSPS) is 10.6. The molecule has 0 amide bonds. The van der Waals surface area contributed by atoms with Crippen LogP contribution < -0.4 is 21.7 Å². The summed E-state index contributed by atoms with van der Waals surface area (Å²) in [6, 6.07) is 15.9. The summed E-state index contributed by atoms with van der Waals surface area (Å²) in [5.41, 5.74) is 5.33. The lowest BCUT2D eigenvalue weighted by Crippen LogP contribution is -2.43. The third-order valence-electron chi connectivity index (χ3n) is 4.98. The third kappa shape index (κ3) is 5.38. The first-order valence-electron chi connectivity index (χ1n) is 10.4. The summed E-state index contributed by atoms with van der Waals surface area (Å²) in [5, 5.41) is 0. The Hall–Kier alpha value is -4.14. The highest BCUT2D eigenvalue weighted by atomic mass is 16.5. The van der Waals surface area contributed by atoms with Crippen molar-refractivity contribution in [2.45, 2.75) is 26.5 Å². The van der Waals surface area contributed by atoms with Crippen molar-refractivity contribution in [1.82, 2.24) is 9.13 Å². The van der Waals surface area contributed by atoms with Crippen molar-refractivity contribution in [3.63, 3.8) is 0 Å². The van der Waals surface area contributed by atoms with Crippen molar-refractivity contribution in [1.29, 1.82) is 0 Å². The van der Waals surface area contributed by atoms with Crippen LogP contribution in [-0.2, 0) is 24.9 Å². The van der Waals surface area contributed by atoms with Crippen LogP contribution in [0.1, 0.15) is 39.6 Å². The van der Waals surface area contributed by atoms with E-state index in [2.05, 4.69) is 0 Å². The summed E-state index contributed by atoms with van der Waals surface area (Å²) >= 11 is 0. The Morgan fingerprint density at radius 2 is 1.67 bits per heavy atom. The van der Waals surface area contributed by atoms with E-state index < -0.39 is 29.6 Å². The van der Waals surface area contributed by atoms with Crippen molar-refractivity contribution in [2.24, 2.45) is 7.05 Å². The van der Waals surface area contributed by atoms with Crippen LogP contribution in [0.2, 0.25) is 0 Å². The zero-order valence-electron chi connectivity index (χ0n) is 18.4. The van der Waals surface area contributed by atoms with Gasteiger partial charge in [0.05, 0.1) is 5.56 Å². The SMILES string of the molecule is CCCn1c(N)c(C(=O)COC(=O)c2ccc(OCc3ccccc3)cc2)c(=O)n(C)c1=O. The zero-order valence-corrected chi connectivity index (χ0v) is 18.4. The number of rotatable bonds is 9. The number of nitrogen functional groups attached to an aromatic ring is 1. The number of anilines is 1. The van der Waals surface area contributed by atoms with Gasteiger partial charge in [0, 0.05) is 13.6 Å². The standard InChI is InChI=1S/C24H25N3O6/c1-3-13-27-21(25)20(22(29)26(2)24(27)31)19(28)15-33-23(30)17-9-11-18(12-10-17)32-14-16-7-5-4-6-8-16/h4-12H,3,13-15,25H2,1-2H3. The maximum atomic E-state index is 12.6. The fourth-order valence-corrected chi connectivity index (χ4v) is 3.20. The summed E-state index contributed by atoms with van der Waals surface area (Å²) < 4.78 is 12.7. The summed E-state index contributed by atoms with van der Waals surface area (Å²) in [6.45, 7) is 1.78. The lowest BCUT2D eigenvalue weighted by atomic mass is 10.2. The first-order valence-corrected chi connectivity index (χ1v) is 10.4. The molecule has 172 valence electrons. The fourth-order valence-electron chi connectivity index (χ4n) is 3.20. The van der Waals surface area contributed by atoms with Gasteiger partial charge in [0.25, 0.3) is 5.56 Å². The molecule has 2 N–H and O–H groups in total. The smallest absolute Gasteiger partial charge is 0.338 e. The minimum Gasteiger partial charge on any atom is -0.489 e. The van der Waals surface area contributed by atoms with Gasteiger partial charge in [-0.25, -0.2) is 9.59 Å². The number of Topliss-reactive ketones (excluding diaryl/α,β-unsaturated/α-hetero) is 1. The van der Waals surface area contributed by atoms with E-state index in [-0.39, 0.29) is 23.5 Å². The Labute approximate surface area is 190 Å². The molecule has 3 aromatic rings. The van der Waals surface area contributed by atoms with E-state index >= 15 is 0 Å². The summed E-state index contributed by atoms with van der Waals surface area (Å²) in [5.74, 6) is -1.18. The van der Waals surface area contributed by atoms with Crippen LogP contribution in [0.4, 0.5) is 5.82 Å². The maximum absolute atomic E-state index is 12.6. The highest BCUT2D eigenvalue weighted by Gasteiger charge is 2.22. The van der Waals surface area contributed by atoms with Crippen molar-refractivity contribution in [3.05, 3.63) is 92.1 Å². The molecule has 0 unspecified atom stereocenters. The molecule has 0 radical (unpaired) electrons. The van der Waals surface area contributed by atoms with E-state index in [1.807, 2.05) is 37.3 Å². The lowest BCUT2D eigenvalue weighted by molar-refractivity contribution is 0.0474. The Balaban J connectivity index is 1.65. The highest BCUT2D eigenvalue weighted by molar-refractivity contribution is 6.02. The Bertz CT molecular complexity index is 1260. The monoisotopic (exact) mass is 451 g/mol. The second-order valence-electron chi connectivity index (χ2n) is 7.36. The van der Waals surface area contributed by atoms with Crippen LogP contribution in [0.15, 0.2) is 64.2 Å². The van der Waals surface area contributed by atoms with Gasteiger partial charge in [0.15, 0.2) is 6.61 Å². The molecule has 0 aliphatic heterocycles. The number of esters is 1. The van der Waals surface area contributed by atoms with Crippen molar-refractivity contribution in [2.75, 3.05) is 12.3 Å². The number of carbonyl (C=O) groups is 2. The fraction of sp³-hybridized carbons (Fsp3) is 0.250. The molecule has 0 fully saturated rings. The predicted octanol–water partition coefficient (Wildman–Crippen LogP) is 2.16. The Morgan fingerprint density at radius 3 is 2.30 bits per heavy atom. The molecule has 1 heterocycles. The number of ketones is 1. The van der Waals surface area contributed by atoms with Gasteiger partial charge < -0.3 is 15.2 Å². The molecular weight excluding hydrogens is 426 g/mol. The predicted molar refractivity (Wildman–Crippen MR) is 122 cm³/mol. The van der Waals surface area contributed by atoms with Crippen LogP contribution in [0.25, 0.3) is 0 Å². The van der Waals surface area contributed by atoms with Gasteiger partial charge in [-0.3, -0.25) is 18.7 Å². The van der Waals surface area contributed by atoms with E-state index in [0.29, 0.717) is 18.8 Å². The van der Waals surface area contributed by atoms with Crippen LogP contribution in [0.3, 0.4) is 0 Å². The molecule has 1 aromatic heterocycles. The van der Waals surface area contributed by atoms with E-state index in [1.54, 1.807) is 12.1 Å². The van der Waals surface area contributed by atoms with Gasteiger partial charge in [0.1, 0.15) is 23.7 Å². The molecule has 3 rings (SSSR count). The Morgan fingerprint density at radius 1 is 1.00 bits per heavy atom. The number of hydrogen-bond donors (Lipinski definition) is 1. The molecule has 0 spiro atoms. The molecule has 2 aromatic carbocycles. The van der Waals surface area contributed by atoms with Gasteiger partial charge in [0.2, 0.25) is 5.78 Å². The number of aromatic nitrogens is 2. The lowest BCUT2D eigenvalue weighted by Gasteiger charge is -2.14. The molecule has 9 nitrogen and oxygen atoms in total. The van der Waals surface area contributed by atoms with Crippen LogP contribution in [0, 0.1) is 0 Å². The van der Waals surface area contributed by atoms with E-state index in [1.165, 1.54) is 19.2 Å². The van der Waals surface area contributed by atoms with Crippen LogP contribution in [0.5, 0.6) is 5.75 Å². The zero-order chi connectivity index (χ0) is 24.0. The number of nitrogens with zero attached hydrogens (tertiary/aromatic N) is 2. The van der Waals surface area contributed by atoms with E-state index in [0.717, 1.165) is 14.7 Å². The number of nitrogens with two attached hydrogens (primary N) is 1. The molecular formula is C24H25N3O6. The number of hydrogen-bond acceptors (Lipinski definition) is 7. The molecule has 0 atom stereocenters. The number of benzene rings is 2. The maximum Gasteiger partial charge on any atom is 0.338 e. The second kappa shape index (κ2) is 10.4. The minimum absolute atomic E-state index is 0.215. The van der Waals surface area contributed by atoms with Crippen LogP contribution >= 0.6 is 0 Å². The van der Waals surface area contributed by atoms with Crippen LogP contribution in [-0.4, -0.2) is 27.5 Å².